The van der Waals surface area contributed by atoms with E-state index in [9.17, 15) is 9.59 Å². The molecule has 0 bridgehead atoms. The van der Waals surface area contributed by atoms with Crippen molar-refractivity contribution in [2.45, 2.75) is 59.5 Å². The van der Waals surface area contributed by atoms with Crippen molar-refractivity contribution in [3.05, 3.63) is 12.2 Å². The summed E-state index contributed by atoms with van der Waals surface area (Å²) in [5.74, 6) is 0.221. The topological polar surface area (TPSA) is 43.4 Å². The highest BCUT2D eigenvalue weighted by molar-refractivity contribution is 5.75. The Kier molecular flexibility index (Phi) is 4.71. The zero-order valence-electron chi connectivity index (χ0n) is 11.9. The molecule has 18 heavy (non-hydrogen) atoms. The quantitative estimate of drug-likeness (QED) is 0.569. The lowest BCUT2D eigenvalue weighted by atomic mass is 9.63. The Balaban J connectivity index is 2.81. The first-order chi connectivity index (χ1) is 8.25. The molecule has 3 nitrogen and oxygen atoms in total. The molecule has 1 rings (SSSR count). The lowest BCUT2D eigenvalue weighted by Crippen LogP contribution is -2.43. The number of ether oxygens (including phenoxy) is 1. The zero-order valence-corrected chi connectivity index (χ0v) is 11.9. The SMILES string of the molecule is C=C1CC[C@H](OC(C)=O)C(C)(C)[C@@H]1CCC(C)=O. The van der Waals surface area contributed by atoms with E-state index in [1.165, 1.54) is 12.5 Å². The van der Waals surface area contributed by atoms with E-state index in [0.29, 0.717) is 6.42 Å². The molecule has 0 N–H and O–H groups in total. The molecule has 1 saturated carbocycles. The smallest absolute Gasteiger partial charge is 0.302 e. The molecule has 2 atom stereocenters. The minimum atomic E-state index is -0.231. The van der Waals surface area contributed by atoms with Crippen molar-refractivity contribution in [1.29, 1.82) is 0 Å². The summed E-state index contributed by atoms with van der Waals surface area (Å²) >= 11 is 0. The van der Waals surface area contributed by atoms with Gasteiger partial charge in [-0.15, -0.1) is 0 Å². The molecule has 1 aliphatic rings. The highest BCUT2D eigenvalue weighted by Crippen LogP contribution is 2.46. The summed E-state index contributed by atoms with van der Waals surface area (Å²) < 4.78 is 5.43. The lowest BCUT2D eigenvalue weighted by Gasteiger charge is -2.45. The van der Waals surface area contributed by atoms with Gasteiger partial charge in [-0.25, -0.2) is 0 Å². The van der Waals surface area contributed by atoms with Gasteiger partial charge in [-0.05, 0) is 32.1 Å². The Labute approximate surface area is 110 Å². The van der Waals surface area contributed by atoms with Crippen LogP contribution in [-0.2, 0) is 14.3 Å². The molecule has 1 aliphatic carbocycles. The number of carbonyl (C=O) groups excluding carboxylic acids is 2. The highest BCUT2D eigenvalue weighted by atomic mass is 16.5. The number of ketones is 1. The van der Waals surface area contributed by atoms with Crippen LogP contribution in [0.15, 0.2) is 12.2 Å². The Bertz CT molecular complexity index is 355. The Morgan fingerprint density at radius 1 is 1.39 bits per heavy atom. The minimum Gasteiger partial charge on any atom is -0.462 e. The summed E-state index contributed by atoms with van der Waals surface area (Å²) in [5.41, 5.74) is 1.04. The van der Waals surface area contributed by atoms with Gasteiger partial charge >= 0.3 is 5.97 Å². The summed E-state index contributed by atoms with van der Waals surface area (Å²) in [6.07, 6.45) is 3.02. The summed E-state index contributed by atoms with van der Waals surface area (Å²) in [6.45, 7) is 11.4. The first kappa shape index (κ1) is 14.9. The fourth-order valence-corrected chi connectivity index (χ4v) is 2.95. The van der Waals surface area contributed by atoms with Gasteiger partial charge in [0.2, 0.25) is 0 Å². The molecule has 0 radical (unpaired) electrons. The highest BCUT2D eigenvalue weighted by Gasteiger charge is 2.43. The number of Topliss-reactive ketones (excluding diaryl/α,β-unsaturated/α-hetero) is 1. The van der Waals surface area contributed by atoms with Crippen LogP contribution in [0.3, 0.4) is 0 Å². The third-order valence-electron chi connectivity index (χ3n) is 4.04. The van der Waals surface area contributed by atoms with Gasteiger partial charge in [-0.1, -0.05) is 26.0 Å². The van der Waals surface area contributed by atoms with Gasteiger partial charge in [0.15, 0.2) is 0 Å². The van der Waals surface area contributed by atoms with Gasteiger partial charge in [0, 0.05) is 18.8 Å². The van der Waals surface area contributed by atoms with E-state index in [1.807, 2.05) is 0 Å². The first-order valence-electron chi connectivity index (χ1n) is 6.59. The molecule has 0 aromatic rings. The van der Waals surface area contributed by atoms with Crippen molar-refractivity contribution in [3.63, 3.8) is 0 Å². The van der Waals surface area contributed by atoms with Crippen LogP contribution in [0.2, 0.25) is 0 Å². The third kappa shape index (κ3) is 3.44. The number of hydrogen-bond acceptors (Lipinski definition) is 3. The van der Waals surface area contributed by atoms with Crippen molar-refractivity contribution in [1.82, 2.24) is 0 Å². The monoisotopic (exact) mass is 252 g/mol. The molecule has 0 aromatic heterocycles. The molecular formula is C15H24O3. The summed E-state index contributed by atoms with van der Waals surface area (Å²) in [4.78, 5) is 22.3. The standard InChI is InChI=1S/C15H24O3/c1-10-6-9-14(18-12(3)17)15(4,5)13(10)8-7-11(2)16/h13-14H,1,6-9H2,2-5H3/t13-,14+/m1/s1. The second-order valence-corrected chi connectivity index (χ2v) is 5.91. The maximum absolute atomic E-state index is 11.2. The predicted octanol–water partition coefficient (Wildman–Crippen LogP) is 3.28. The molecule has 0 saturated heterocycles. The molecule has 0 spiro atoms. The van der Waals surface area contributed by atoms with Crippen LogP contribution in [0.5, 0.6) is 0 Å². The molecule has 0 aromatic carbocycles. The van der Waals surface area contributed by atoms with E-state index in [4.69, 9.17) is 4.74 Å². The number of hydrogen-bond donors (Lipinski definition) is 0. The third-order valence-corrected chi connectivity index (χ3v) is 4.04. The first-order valence-corrected chi connectivity index (χ1v) is 6.59. The van der Waals surface area contributed by atoms with E-state index in [2.05, 4.69) is 20.4 Å². The van der Waals surface area contributed by atoms with Crippen molar-refractivity contribution >= 4 is 11.8 Å². The number of rotatable bonds is 4. The Hall–Kier alpha value is -1.12. The number of carbonyl (C=O) groups is 2. The second-order valence-electron chi connectivity index (χ2n) is 5.91. The van der Waals surface area contributed by atoms with Gasteiger partial charge in [0.1, 0.15) is 11.9 Å². The van der Waals surface area contributed by atoms with Crippen molar-refractivity contribution in [3.8, 4) is 0 Å². The fourth-order valence-electron chi connectivity index (χ4n) is 2.95. The van der Waals surface area contributed by atoms with Crippen molar-refractivity contribution in [2.24, 2.45) is 11.3 Å². The molecule has 102 valence electrons. The molecule has 0 aliphatic heterocycles. The maximum Gasteiger partial charge on any atom is 0.302 e. The van der Waals surface area contributed by atoms with E-state index in [1.54, 1.807) is 6.92 Å². The summed E-state index contributed by atoms with van der Waals surface area (Å²) in [7, 11) is 0. The van der Waals surface area contributed by atoms with Gasteiger partial charge in [0.05, 0.1) is 0 Å². The minimum absolute atomic E-state index is 0.0718. The van der Waals surface area contributed by atoms with E-state index >= 15 is 0 Å². The van der Waals surface area contributed by atoms with Crippen LogP contribution in [0.1, 0.15) is 53.4 Å². The Morgan fingerprint density at radius 3 is 2.50 bits per heavy atom. The van der Waals surface area contributed by atoms with Crippen molar-refractivity contribution < 1.29 is 14.3 Å². The van der Waals surface area contributed by atoms with Crippen LogP contribution in [0, 0.1) is 11.3 Å². The zero-order chi connectivity index (χ0) is 13.9. The summed E-state index contributed by atoms with van der Waals surface area (Å²) in [5, 5.41) is 0. The molecule has 0 heterocycles. The molecule has 0 unspecified atom stereocenters. The number of allylic oxidation sites excluding steroid dienone is 1. The van der Waals surface area contributed by atoms with Gasteiger partial charge in [-0.3, -0.25) is 4.79 Å². The maximum atomic E-state index is 11.2. The Morgan fingerprint density at radius 2 is 2.00 bits per heavy atom. The predicted molar refractivity (Wildman–Crippen MR) is 71.1 cm³/mol. The van der Waals surface area contributed by atoms with Gasteiger partial charge in [-0.2, -0.15) is 0 Å². The van der Waals surface area contributed by atoms with Crippen LogP contribution in [-0.4, -0.2) is 17.9 Å². The van der Waals surface area contributed by atoms with E-state index in [-0.39, 0.29) is 29.2 Å². The molecule has 0 amide bonds. The largest absolute Gasteiger partial charge is 0.462 e. The van der Waals surface area contributed by atoms with Crippen LogP contribution in [0.25, 0.3) is 0 Å². The second kappa shape index (κ2) is 5.68. The number of esters is 1. The average Bonchev–Trinajstić information content (AvgIpc) is 2.21. The molecular weight excluding hydrogens is 228 g/mol. The molecule has 1 fully saturated rings. The normalized spacial score (nSPS) is 26.8. The summed E-state index contributed by atoms with van der Waals surface area (Å²) in [6, 6.07) is 0. The van der Waals surface area contributed by atoms with E-state index < -0.39 is 0 Å². The fraction of sp³-hybridized carbons (Fsp3) is 0.733. The molecule has 3 heteroatoms. The van der Waals surface area contributed by atoms with Gasteiger partial charge < -0.3 is 9.53 Å². The van der Waals surface area contributed by atoms with Crippen LogP contribution >= 0.6 is 0 Å². The average molecular weight is 252 g/mol. The van der Waals surface area contributed by atoms with Crippen molar-refractivity contribution in [2.75, 3.05) is 0 Å². The lowest BCUT2D eigenvalue weighted by molar-refractivity contribution is -0.157. The van der Waals surface area contributed by atoms with Crippen LogP contribution < -0.4 is 0 Å². The van der Waals surface area contributed by atoms with Crippen LogP contribution in [0.4, 0.5) is 0 Å². The van der Waals surface area contributed by atoms with E-state index in [0.717, 1.165) is 19.3 Å². The van der Waals surface area contributed by atoms with Gasteiger partial charge in [0.25, 0.3) is 0 Å².